The van der Waals surface area contributed by atoms with Crippen LogP contribution in [-0.2, 0) is 28.9 Å². The Balaban J connectivity index is 1.48. The molecule has 1 aliphatic rings. The third-order valence-corrected chi connectivity index (χ3v) is 5.31. The van der Waals surface area contributed by atoms with Crippen LogP contribution in [0.25, 0.3) is 0 Å². The van der Waals surface area contributed by atoms with Crippen LogP contribution in [0.3, 0.4) is 0 Å². The van der Waals surface area contributed by atoms with E-state index in [9.17, 15) is 9.59 Å². The summed E-state index contributed by atoms with van der Waals surface area (Å²) in [5, 5.41) is 3.02. The molecular formula is C24H29NO3. The summed E-state index contributed by atoms with van der Waals surface area (Å²) < 4.78 is 5.60. The Morgan fingerprint density at radius 2 is 1.75 bits per heavy atom. The Morgan fingerprint density at radius 1 is 1.04 bits per heavy atom. The Bertz CT molecular complexity index is 826. The van der Waals surface area contributed by atoms with Crippen LogP contribution < -0.4 is 10.1 Å². The van der Waals surface area contributed by atoms with Crippen LogP contribution in [0.15, 0.2) is 42.5 Å². The molecule has 2 aromatic rings. The molecular weight excluding hydrogens is 350 g/mol. The van der Waals surface area contributed by atoms with Gasteiger partial charge in [0, 0.05) is 6.42 Å². The molecule has 0 radical (unpaired) electrons. The first-order chi connectivity index (χ1) is 13.5. The van der Waals surface area contributed by atoms with Crippen molar-refractivity contribution in [3.05, 3.63) is 64.7 Å². The Morgan fingerprint density at radius 3 is 2.46 bits per heavy atom. The average molecular weight is 380 g/mol. The Hall–Kier alpha value is -2.62. The zero-order chi connectivity index (χ0) is 19.9. The highest BCUT2D eigenvalue weighted by Crippen LogP contribution is 2.24. The van der Waals surface area contributed by atoms with E-state index in [1.165, 1.54) is 24.0 Å². The summed E-state index contributed by atoms with van der Waals surface area (Å²) in [4.78, 5) is 23.3. The molecule has 0 aromatic heterocycles. The van der Waals surface area contributed by atoms with E-state index in [0.717, 1.165) is 30.4 Å². The second-order valence-electron chi connectivity index (χ2n) is 7.66. The predicted molar refractivity (Wildman–Crippen MR) is 111 cm³/mol. The van der Waals surface area contributed by atoms with Crippen LogP contribution >= 0.6 is 0 Å². The van der Waals surface area contributed by atoms with Crippen LogP contribution in [0.2, 0.25) is 0 Å². The van der Waals surface area contributed by atoms with Gasteiger partial charge in [-0.15, -0.1) is 0 Å². The third kappa shape index (κ3) is 5.69. The molecule has 28 heavy (non-hydrogen) atoms. The first-order valence-corrected chi connectivity index (χ1v) is 10.1. The summed E-state index contributed by atoms with van der Waals surface area (Å²) in [5.74, 6) is 0.707. The van der Waals surface area contributed by atoms with Crippen LogP contribution in [0.5, 0.6) is 5.75 Å². The maximum absolute atomic E-state index is 12.3. The number of nitrogens with one attached hydrogen (secondary N) is 1. The average Bonchev–Trinajstić information content (AvgIpc) is 2.71. The van der Waals surface area contributed by atoms with Crippen molar-refractivity contribution in [3.63, 3.8) is 0 Å². The van der Waals surface area contributed by atoms with E-state index in [2.05, 4.69) is 23.5 Å². The van der Waals surface area contributed by atoms with Crippen molar-refractivity contribution in [3.8, 4) is 5.75 Å². The summed E-state index contributed by atoms with van der Waals surface area (Å²) in [6.45, 7) is 3.59. The number of fused-ring (bicyclic) bond motifs is 1. The van der Waals surface area contributed by atoms with E-state index in [-0.39, 0.29) is 24.3 Å². The predicted octanol–water partition coefficient (Wildman–Crippen LogP) is 4.34. The normalized spacial score (nSPS) is 14.1. The molecule has 0 heterocycles. The molecule has 0 bridgehead atoms. The molecule has 1 aliphatic carbocycles. The molecule has 1 amide bonds. The lowest BCUT2D eigenvalue weighted by Gasteiger charge is -2.20. The lowest BCUT2D eigenvalue weighted by atomic mass is 9.89. The lowest BCUT2D eigenvalue weighted by Crippen LogP contribution is -2.31. The van der Waals surface area contributed by atoms with E-state index in [4.69, 9.17) is 4.74 Å². The van der Waals surface area contributed by atoms with Gasteiger partial charge in [0.1, 0.15) is 11.5 Å². The quantitative estimate of drug-likeness (QED) is 0.742. The fraction of sp³-hybridized carbons (Fsp3) is 0.417. The highest BCUT2D eigenvalue weighted by Gasteiger charge is 2.14. The summed E-state index contributed by atoms with van der Waals surface area (Å²) in [7, 11) is 0. The van der Waals surface area contributed by atoms with Gasteiger partial charge in [0.2, 0.25) is 0 Å². The lowest BCUT2D eigenvalue weighted by molar-refractivity contribution is -0.123. The van der Waals surface area contributed by atoms with Crippen molar-refractivity contribution in [2.75, 3.05) is 6.61 Å². The summed E-state index contributed by atoms with van der Waals surface area (Å²) in [6, 6.07) is 14.1. The topological polar surface area (TPSA) is 55.4 Å². The van der Waals surface area contributed by atoms with Crippen LogP contribution in [0.1, 0.15) is 61.4 Å². The number of amides is 1. The molecule has 3 rings (SSSR count). The number of Topliss-reactive ketones (excluding diaryl/α,β-unsaturated/α-hetero) is 1. The number of rotatable bonds is 8. The summed E-state index contributed by atoms with van der Waals surface area (Å²) in [5.41, 5.74) is 5.10. The fourth-order valence-corrected chi connectivity index (χ4v) is 3.61. The van der Waals surface area contributed by atoms with E-state index in [0.29, 0.717) is 12.2 Å². The van der Waals surface area contributed by atoms with Gasteiger partial charge in [0.05, 0.1) is 6.04 Å². The van der Waals surface area contributed by atoms with Gasteiger partial charge in [-0.3, -0.25) is 4.79 Å². The summed E-state index contributed by atoms with van der Waals surface area (Å²) >= 11 is 0. The molecule has 0 saturated heterocycles. The molecule has 1 unspecified atom stereocenters. The second-order valence-corrected chi connectivity index (χ2v) is 7.66. The first kappa shape index (κ1) is 20.1. The van der Waals surface area contributed by atoms with Crippen molar-refractivity contribution < 1.29 is 14.3 Å². The largest absolute Gasteiger partial charge is 0.484 e. The second kappa shape index (κ2) is 9.54. The van der Waals surface area contributed by atoms with Crippen LogP contribution in [0.4, 0.5) is 0 Å². The number of hydrogen-bond acceptors (Lipinski definition) is 3. The maximum Gasteiger partial charge on any atom is 0.258 e. The first-order valence-electron chi connectivity index (χ1n) is 10.1. The molecule has 4 heteroatoms. The van der Waals surface area contributed by atoms with Crippen molar-refractivity contribution in [2.45, 2.75) is 58.4 Å². The van der Waals surface area contributed by atoms with Gasteiger partial charge in [-0.25, -0.2) is 0 Å². The highest BCUT2D eigenvalue weighted by molar-refractivity contribution is 5.78. The molecule has 148 valence electrons. The number of ether oxygens (including phenoxy) is 1. The van der Waals surface area contributed by atoms with Crippen LogP contribution in [0, 0.1) is 0 Å². The molecule has 4 nitrogen and oxygen atoms in total. The monoisotopic (exact) mass is 379 g/mol. The van der Waals surface area contributed by atoms with E-state index in [1.54, 1.807) is 6.92 Å². The van der Waals surface area contributed by atoms with Crippen molar-refractivity contribution in [2.24, 2.45) is 0 Å². The number of ketones is 1. The Kier molecular flexibility index (Phi) is 6.85. The Labute approximate surface area is 167 Å². The van der Waals surface area contributed by atoms with E-state index in [1.807, 2.05) is 31.2 Å². The molecule has 2 aromatic carbocycles. The van der Waals surface area contributed by atoms with Gasteiger partial charge < -0.3 is 14.8 Å². The smallest absolute Gasteiger partial charge is 0.258 e. The van der Waals surface area contributed by atoms with Gasteiger partial charge in [0.15, 0.2) is 6.61 Å². The molecule has 1 atom stereocenters. The summed E-state index contributed by atoms with van der Waals surface area (Å²) in [6.07, 6.45) is 6.09. The van der Waals surface area contributed by atoms with Crippen LogP contribution in [-0.4, -0.2) is 18.3 Å². The highest BCUT2D eigenvalue weighted by atomic mass is 16.5. The molecule has 0 fully saturated rings. The van der Waals surface area contributed by atoms with Gasteiger partial charge in [-0.2, -0.15) is 0 Å². The van der Waals surface area contributed by atoms with Crippen molar-refractivity contribution in [1.82, 2.24) is 5.32 Å². The van der Waals surface area contributed by atoms with E-state index < -0.39 is 0 Å². The van der Waals surface area contributed by atoms with Gasteiger partial charge >= 0.3 is 0 Å². The number of carbonyl (C=O) groups excluding carboxylic acids is 2. The zero-order valence-electron chi connectivity index (χ0n) is 16.8. The fourth-order valence-electron chi connectivity index (χ4n) is 3.61. The number of benzene rings is 2. The third-order valence-electron chi connectivity index (χ3n) is 5.31. The van der Waals surface area contributed by atoms with Gasteiger partial charge in [-0.1, -0.05) is 30.3 Å². The van der Waals surface area contributed by atoms with Crippen molar-refractivity contribution in [1.29, 1.82) is 0 Å². The molecule has 1 N–H and O–H groups in total. The molecule has 0 aliphatic heterocycles. The number of aryl methyl sites for hydroxylation is 3. The SMILES string of the molecule is CC(=O)CCc1ccc(OCC(=O)NC(C)c2ccc3c(c2)CCCC3)cc1. The molecule has 0 saturated carbocycles. The van der Waals surface area contributed by atoms with Gasteiger partial charge in [0.25, 0.3) is 5.91 Å². The molecule has 0 spiro atoms. The number of hydrogen-bond donors (Lipinski definition) is 1. The minimum absolute atomic E-state index is 0.0118. The van der Waals surface area contributed by atoms with Crippen molar-refractivity contribution >= 4 is 11.7 Å². The van der Waals surface area contributed by atoms with Gasteiger partial charge in [-0.05, 0) is 80.3 Å². The maximum atomic E-state index is 12.3. The van der Waals surface area contributed by atoms with E-state index >= 15 is 0 Å². The number of carbonyl (C=O) groups is 2. The minimum atomic E-state index is -0.133. The minimum Gasteiger partial charge on any atom is -0.484 e. The standard InChI is InChI=1S/C24H29NO3/c1-17(26)7-8-19-9-13-23(14-10-19)28-16-24(27)25-18(2)21-12-11-20-5-3-4-6-22(20)15-21/h9-15,18H,3-8,16H2,1-2H3,(H,25,27). The zero-order valence-corrected chi connectivity index (χ0v) is 16.8.